The van der Waals surface area contributed by atoms with E-state index in [2.05, 4.69) is 5.10 Å². The molecule has 0 fully saturated rings. The number of nitrogens with zero attached hydrogens (tertiary/aromatic N) is 4. The van der Waals surface area contributed by atoms with E-state index in [1.807, 2.05) is 25.8 Å². The van der Waals surface area contributed by atoms with Crippen LogP contribution in [0.3, 0.4) is 0 Å². The van der Waals surface area contributed by atoms with Gasteiger partial charge in [0.2, 0.25) is 5.91 Å². The molecular formula is C12H21N5OS. The van der Waals surface area contributed by atoms with Crippen molar-refractivity contribution in [2.45, 2.75) is 13.8 Å². The minimum Gasteiger partial charge on any atom is -0.389 e. The van der Waals surface area contributed by atoms with E-state index >= 15 is 0 Å². The second-order valence-electron chi connectivity index (χ2n) is 4.57. The molecule has 0 saturated heterocycles. The molecule has 0 bridgehead atoms. The Kier molecular flexibility index (Phi) is 4.88. The van der Waals surface area contributed by atoms with Crippen LogP contribution in [-0.2, 0) is 11.8 Å². The molecule has 1 heterocycles. The van der Waals surface area contributed by atoms with Gasteiger partial charge in [-0.05, 0) is 13.8 Å². The molecule has 2 N–H and O–H groups in total. The Labute approximate surface area is 119 Å². The van der Waals surface area contributed by atoms with Crippen molar-refractivity contribution in [1.29, 1.82) is 0 Å². The summed E-state index contributed by atoms with van der Waals surface area (Å²) in [5.74, 6) is 0.817. The van der Waals surface area contributed by atoms with Crippen molar-refractivity contribution in [1.82, 2.24) is 14.7 Å². The number of carbonyl (C=O) groups is 1. The lowest BCUT2D eigenvalue weighted by Crippen LogP contribution is -2.38. The number of anilines is 1. The zero-order valence-electron chi connectivity index (χ0n) is 12.1. The molecule has 0 unspecified atom stereocenters. The Morgan fingerprint density at radius 3 is 2.47 bits per heavy atom. The van der Waals surface area contributed by atoms with Gasteiger partial charge >= 0.3 is 0 Å². The Morgan fingerprint density at radius 1 is 1.47 bits per heavy atom. The average Bonchev–Trinajstić information content (AvgIpc) is 2.60. The number of carbonyl (C=O) groups excluding carboxylic acids is 1. The quantitative estimate of drug-likeness (QED) is 0.786. The summed E-state index contributed by atoms with van der Waals surface area (Å²) in [5.41, 5.74) is 7.29. The van der Waals surface area contributed by atoms with E-state index in [1.54, 1.807) is 23.7 Å². The molecular weight excluding hydrogens is 262 g/mol. The van der Waals surface area contributed by atoms with Gasteiger partial charge in [0, 0.05) is 27.7 Å². The molecule has 0 atom stereocenters. The third-order valence-corrected chi connectivity index (χ3v) is 3.15. The molecule has 0 radical (unpaired) electrons. The number of hydrogen-bond acceptors (Lipinski definition) is 4. The Morgan fingerprint density at radius 2 is 2.05 bits per heavy atom. The molecule has 6 nitrogen and oxygen atoms in total. The van der Waals surface area contributed by atoms with Crippen molar-refractivity contribution in [2.75, 3.05) is 32.1 Å². The fourth-order valence-electron chi connectivity index (χ4n) is 1.94. The van der Waals surface area contributed by atoms with Crippen LogP contribution in [0.25, 0.3) is 0 Å². The van der Waals surface area contributed by atoms with E-state index in [-0.39, 0.29) is 12.5 Å². The van der Waals surface area contributed by atoms with Gasteiger partial charge in [-0.3, -0.25) is 9.48 Å². The van der Waals surface area contributed by atoms with Crippen molar-refractivity contribution in [3.63, 3.8) is 0 Å². The molecule has 106 valence electrons. The van der Waals surface area contributed by atoms with Crippen molar-refractivity contribution < 1.29 is 4.79 Å². The minimum absolute atomic E-state index is 0.0228. The molecule has 0 aromatic carbocycles. The van der Waals surface area contributed by atoms with Gasteiger partial charge in [-0.1, -0.05) is 12.2 Å². The van der Waals surface area contributed by atoms with Crippen LogP contribution in [0.4, 0.5) is 5.82 Å². The van der Waals surface area contributed by atoms with E-state index in [1.165, 1.54) is 0 Å². The maximum atomic E-state index is 11.9. The monoisotopic (exact) mass is 283 g/mol. The summed E-state index contributed by atoms with van der Waals surface area (Å²) >= 11 is 5.09. The number of aryl methyl sites for hydroxylation is 2. The third kappa shape index (κ3) is 3.23. The lowest BCUT2D eigenvalue weighted by molar-refractivity contribution is -0.127. The van der Waals surface area contributed by atoms with Crippen LogP contribution in [0.5, 0.6) is 0 Å². The first-order chi connectivity index (χ1) is 8.79. The van der Waals surface area contributed by atoms with Crippen LogP contribution < -0.4 is 10.6 Å². The van der Waals surface area contributed by atoms with Crippen LogP contribution >= 0.6 is 12.2 Å². The summed E-state index contributed by atoms with van der Waals surface area (Å²) in [6, 6.07) is 0. The van der Waals surface area contributed by atoms with Crippen LogP contribution in [0, 0.1) is 6.92 Å². The van der Waals surface area contributed by atoms with Crippen molar-refractivity contribution in [3.8, 4) is 0 Å². The number of nitrogens with two attached hydrogens (primary N) is 1. The van der Waals surface area contributed by atoms with Crippen LogP contribution in [0.15, 0.2) is 0 Å². The molecule has 1 amide bonds. The van der Waals surface area contributed by atoms with Gasteiger partial charge in [-0.15, -0.1) is 0 Å². The predicted molar refractivity (Wildman–Crippen MR) is 80.4 cm³/mol. The maximum Gasteiger partial charge on any atom is 0.241 e. The van der Waals surface area contributed by atoms with Gasteiger partial charge in [0.1, 0.15) is 10.8 Å². The zero-order valence-corrected chi connectivity index (χ0v) is 12.9. The first-order valence-electron chi connectivity index (χ1n) is 6.08. The number of aromatic nitrogens is 2. The summed E-state index contributed by atoms with van der Waals surface area (Å²) in [7, 11) is 5.30. The first kappa shape index (κ1) is 15.4. The summed E-state index contributed by atoms with van der Waals surface area (Å²) in [6.45, 7) is 4.79. The van der Waals surface area contributed by atoms with E-state index in [0.717, 1.165) is 17.1 Å². The zero-order chi connectivity index (χ0) is 14.7. The van der Waals surface area contributed by atoms with E-state index in [0.29, 0.717) is 11.5 Å². The van der Waals surface area contributed by atoms with Gasteiger partial charge < -0.3 is 15.5 Å². The second-order valence-corrected chi connectivity index (χ2v) is 5.01. The van der Waals surface area contributed by atoms with Crippen molar-refractivity contribution in [2.24, 2.45) is 12.8 Å². The van der Waals surface area contributed by atoms with Crippen LogP contribution in [0.1, 0.15) is 18.2 Å². The fraction of sp³-hybridized carbons (Fsp3) is 0.583. The third-order valence-electron chi connectivity index (χ3n) is 2.94. The van der Waals surface area contributed by atoms with Crippen LogP contribution in [0.2, 0.25) is 0 Å². The highest BCUT2D eigenvalue weighted by Crippen LogP contribution is 2.23. The van der Waals surface area contributed by atoms with Crippen molar-refractivity contribution >= 4 is 28.9 Å². The lowest BCUT2D eigenvalue weighted by Gasteiger charge is -2.25. The summed E-state index contributed by atoms with van der Waals surface area (Å²) in [5, 5.41) is 4.34. The van der Waals surface area contributed by atoms with Gasteiger partial charge in [-0.2, -0.15) is 5.10 Å². The Balaban J connectivity index is 3.18. The average molecular weight is 283 g/mol. The predicted octanol–water partition coefficient (Wildman–Crippen LogP) is 0.277. The van der Waals surface area contributed by atoms with Gasteiger partial charge in [0.25, 0.3) is 0 Å². The summed E-state index contributed by atoms with van der Waals surface area (Å²) < 4.78 is 1.72. The molecule has 19 heavy (non-hydrogen) atoms. The molecule has 1 aromatic rings. The van der Waals surface area contributed by atoms with E-state index in [4.69, 9.17) is 18.0 Å². The Bertz CT molecular complexity index is 495. The van der Waals surface area contributed by atoms with E-state index in [9.17, 15) is 4.79 Å². The molecule has 1 rings (SSSR count). The fourth-order valence-corrected chi connectivity index (χ4v) is 2.18. The van der Waals surface area contributed by atoms with Crippen LogP contribution in [-0.4, -0.2) is 52.8 Å². The summed E-state index contributed by atoms with van der Waals surface area (Å²) in [4.78, 5) is 15.7. The molecule has 0 saturated carbocycles. The molecule has 7 heteroatoms. The number of amides is 1. The molecule has 0 spiro atoms. The topological polar surface area (TPSA) is 67.4 Å². The second kappa shape index (κ2) is 6.01. The highest BCUT2D eigenvalue weighted by atomic mass is 32.1. The highest BCUT2D eigenvalue weighted by Gasteiger charge is 2.22. The SMILES string of the molecule is CCN(CC(=O)N(C)C)c1c(C(N)=S)c(C)nn1C. The van der Waals surface area contributed by atoms with E-state index < -0.39 is 0 Å². The minimum atomic E-state index is 0.0228. The normalized spacial score (nSPS) is 10.4. The summed E-state index contributed by atoms with van der Waals surface area (Å²) in [6.07, 6.45) is 0. The van der Waals surface area contributed by atoms with Gasteiger partial charge in [-0.25, -0.2) is 0 Å². The smallest absolute Gasteiger partial charge is 0.241 e. The number of thiocarbonyl (C=S) groups is 1. The molecule has 0 aliphatic rings. The lowest BCUT2D eigenvalue weighted by atomic mass is 10.2. The molecule has 0 aliphatic heterocycles. The Hall–Kier alpha value is -1.63. The van der Waals surface area contributed by atoms with Gasteiger partial charge in [0.05, 0.1) is 17.8 Å². The molecule has 0 aliphatic carbocycles. The van der Waals surface area contributed by atoms with Crippen molar-refractivity contribution in [3.05, 3.63) is 11.3 Å². The standard InChI is InChI=1S/C12H21N5OS/c1-6-17(7-9(18)15(3)4)12-10(11(13)19)8(2)14-16(12)5/h6-7H2,1-5H3,(H2,13,19). The number of hydrogen-bond donors (Lipinski definition) is 1. The van der Waals surface area contributed by atoms with Gasteiger partial charge in [0.15, 0.2) is 0 Å². The number of likely N-dealkylation sites (N-methyl/N-ethyl adjacent to an activating group) is 2. The number of rotatable bonds is 5. The molecule has 1 aromatic heterocycles. The first-order valence-corrected chi connectivity index (χ1v) is 6.48. The largest absolute Gasteiger partial charge is 0.389 e. The highest BCUT2D eigenvalue weighted by molar-refractivity contribution is 7.80. The maximum absolute atomic E-state index is 11.9.